The van der Waals surface area contributed by atoms with Gasteiger partial charge in [0.1, 0.15) is 36.2 Å². The minimum absolute atomic E-state index is 0.0493. The van der Waals surface area contributed by atoms with Crippen molar-refractivity contribution in [2.45, 2.75) is 64.8 Å². The molecule has 5 rings (SSSR count). The van der Waals surface area contributed by atoms with E-state index in [1.54, 1.807) is 13.1 Å². The zero-order valence-corrected chi connectivity index (χ0v) is 23.0. The minimum Gasteiger partial charge on any atom is -0.491 e. The number of hydrogen-bond donors (Lipinski definition) is 2. The van der Waals surface area contributed by atoms with Gasteiger partial charge in [0.25, 0.3) is 0 Å². The molecule has 0 unspecified atom stereocenters. The highest BCUT2D eigenvalue weighted by molar-refractivity contribution is 5.71. The van der Waals surface area contributed by atoms with Crippen LogP contribution in [0.3, 0.4) is 0 Å². The first-order chi connectivity index (χ1) is 18.7. The molecule has 2 fully saturated rings. The number of aliphatic hydroxyl groups excluding tert-OH is 1. The number of ether oxygens (including phenoxy) is 1. The largest absolute Gasteiger partial charge is 0.491 e. The number of aliphatic hydroxyl groups is 1. The van der Waals surface area contributed by atoms with Gasteiger partial charge in [0.05, 0.1) is 22.5 Å². The second-order valence-electron chi connectivity index (χ2n) is 10.8. The van der Waals surface area contributed by atoms with Crippen LogP contribution in [-0.2, 0) is 6.42 Å². The van der Waals surface area contributed by atoms with Crippen LogP contribution in [0.5, 0.6) is 5.75 Å². The van der Waals surface area contributed by atoms with Crippen molar-refractivity contribution in [3.63, 3.8) is 0 Å². The first-order valence-corrected chi connectivity index (χ1v) is 13.7. The predicted octanol–water partition coefficient (Wildman–Crippen LogP) is 4.19. The van der Waals surface area contributed by atoms with E-state index in [2.05, 4.69) is 15.4 Å². The second kappa shape index (κ2) is 11.7. The highest BCUT2D eigenvalue weighted by Gasteiger charge is 2.37. The molecule has 210 valence electrons. The van der Waals surface area contributed by atoms with Crippen LogP contribution < -0.4 is 10.1 Å². The van der Waals surface area contributed by atoms with Crippen molar-refractivity contribution < 1.29 is 23.1 Å². The van der Waals surface area contributed by atoms with Crippen LogP contribution in [-0.4, -0.2) is 76.7 Å². The number of hydrogen-bond acceptors (Lipinski definition) is 8. The summed E-state index contributed by atoms with van der Waals surface area (Å²) < 4.78 is 41.7. The maximum Gasteiger partial charge on any atom is 0.163 e. The molecule has 0 bridgehead atoms. The van der Waals surface area contributed by atoms with Crippen LogP contribution in [0.4, 0.5) is 8.78 Å². The van der Waals surface area contributed by atoms with E-state index in [9.17, 15) is 5.11 Å². The molecule has 3 atom stereocenters. The number of nitrogens with one attached hydrogen (secondary N) is 1. The maximum atomic E-state index is 15.3. The third kappa shape index (κ3) is 6.13. The van der Waals surface area contributed by atoms with Gasteiger partial charge in [-0.25, -0.2) is 18.7 Å². The summed E-state index contributed by atoms with van der Waals surface area (Å²) in [5.74, 6) is 0.506. The number of piperidine rings is 1. The van der Waals surface area contributed by atoms with Gasteiger partial charge in [0.2, 0.25) is 0 Å². The van der Waals surface area contributed by atoms with Crippen molar-refractivity contribution in [2.75, 3.05) is 33.3 Å². The summed E-state index contributed by atoms with van der Waals surface area (Å²) in [5, 5.41) is 17.0. The topological polar surface area (TPSA) is 96.5 Å². The van der Waals surface area contributed by atoms with Gasteiger partial charge in [-0.2, -0.15) is 0 Å². The van der Waals surface area contributed by atoms with E-state index in [1.165, 1.54) is 12.1 Å². The quantitative estimate of drug-likeness (QED) is 0.395. The summed E-state index contributed by atoms with van der Waals surface area (Å²) >= 11 is 0. The SMILES string of the molecule is CNC[C@H](O)COc1ccc(F)c(-c2nc(C[C@H]3CCN(C4CC4)C[C@H]3F)c(C)c(-c3c(C)noc3C)n2)c1. The van der Waals surface area contributed by atoms with Gasteiger partial charge in [-0.05, 0) is 89.7 Å². The maximum absolute atomic E-state index is 15.3. The third-order valence-electron chi connectivity index (χ3n) is 7.80. The smallest absolute Gasteiger partial charge is 0.163 e. The average molecular weight is 542 g/mol. The minimum atomic E-state index is -0.947. The number of aryl methyl sites for hydroxylation is 2. The molecule has 0 amide bonds. The molecule has 3 aromatic rings. The van der Waals surface area contributed by atoms with E-state index in [4.69, 9.17) is 19.2 Å². The number of aromatic nitrogens is 3. The van der Waals surface area contributed by atoms with Crippen molar-refractivity contribution in [1.29, 1.82) is 0 Å². The molecule has 0 radical (unpaired) electrons. The molecule has 10 heteroatoms. The summed E-state index contributed by atoms with van der Waals surface area (Å²) in [6.45, 7) is 7.33. The van der Waals surface area contributed by atoms with E-state index in [1.807, 2.05) is 20.8 Å². The molecule has 1 saturated heterocycles. The number of halogens is 2. The van der Waals surface area contributed by atoms with E-state index in [0.717, 1.165) is 36.9 Å². The summed E-state index contributed by atoms with van der Waals surface area (Å²) in [4.78, 5) is 11.8. The Bertz CT molecular complexity index is 1290. The lowest BCUT2D eigenvalue weighted by Crippen LogP contribution is -2.43. The molecule has 1 aromatic carbocycles. The lowest BCUT2D eigenvalue weighted by Gasteiger charge is -2.35. The summed E-state index contributed by atoms with van der Waals surface area (Å²) in [5.41, 5.74) is 3.69. The molecule has 0 spiro atoms. The van der Waals surface area contributed by atoms with Gasteiger partial charge in [-0.1, -0.05) is 5.16 Å². The number of rotatable bonds is 10. The molecule has 2 aliphatic rings. The van der Waals surface area contributed by atoms with Crippen LogP contribution in [0.15, 0.2) is 22.7 Å². The average Bonchev–Trinajstić information content (AvgIpc) is 3.71. The Kier molecular flexibility index (Phi) is 8.25. The van der Waals surface area contributed by atoms with Crippen molar-refractivity contribution in [3.05, 3.63) is 46.7 Å². The van der Waals surface area contributed by atoms with Crippen molar-refractivity contribution in [3.8, 4) is 28.4 Å². The Labute approximate surface area is 227 Å². The third-order valence-corrected chi connectivity index (χ3v) is 7.80. The lowest BCUT2D eigenvalue weighted by atomic mass is 9.88. The van der Waals surface area contributed by atoms with Crippen LogP contribution in [0.2, 0.25) is 0 Å². The molecule has 2 N–H and O–H groups in total. The van der Waals surface area contributed by atoms with Gasteiger partial charge in [-0.15, -0.1) is 0 Å². The Morgan fingerprint density at radius 2 is 2.00 bits per heavy atom. The van der Waals surface area contributed by atoms with Gasteiger partial charge in [-0.3, -0.25) is 4.90 Å². The van der Waals surface area contributed by atoms with Crippen molar-refractivity contribution >= 4 is 0 Å². The number of nitrogens with zero attached hydrogens (tertiary/aromatic N) is 4. The Balaban J connectivity index is 1.50. The summed E-state index contributed by atoms with van der Waals surface area (Å²) in [6.07, 6.45) is 1.86. The predicted molar refractivity (Wildman–Crippen MR) is 144 cm³/mol. The van der Waals surface area contributed by atoms with Crippen LogP contribution in [0.1, 0.15) is 42.0 Å². The summed E-state index contributed by atoms with van der Waals surface area (Å²) in [6, 6.07) is 4.90. The molecule has 8 nitrogen and oxygen atoms in total. The van der Waals surface area contributed by atoms with E-state index in [-0.39, 0.29) is 23.9 Å². The highest BCUT2D eigenvalue weighted by Crippen LogP contribution is 2.36. The molecule has 1 aliphatic heterocycles. The number of benzene rings is 1. The standard InChI is InChI=1S/C29H37F2N5O3/c1-16-26(11-19-9-10-36(14-25(19)31)20-5-6-20)33-29(34-28(16)27-17(2)35-39-18(27)3)23-12-22(7-8-24(23)30)38-15-21(37)13-32-4/h7-8,12,19-21,25,32,37H,5-6,9-11,13-15H2,1-4H3/t19-,21+,25-/m1/s1. The van der Waals surface area contributed by atoms with Gasteiger partial charge < -0.3 is 19.7 Å². The highest BCUT2D eigenvalue weighted by atomic mass is 19.1. The Hall–Kier alpha value is -2.95. The molecular weight excluding hydrogens is 504 g/mol. The van der Waals surface area contributed by atoms with Crippen LogP contribution >= 0.6 is 0 Å². The fourth-order valence-electron chi connectivity index (χ4n) is 5.43. The molecular formula is C29H37F2N5O3. The molecule has 1 saturated carbocycles. The molecule has 1 aliphatic carbocycles. The zero-order valence-electron chi connectivity index (χ0n) is 23.0. The van der Waals surface area contributed by atoms with E-state index < -0.39 is 18.1 Å². The fraction of sp³-hybridized carbons (Fsp3) is 0.552. The number of alkyl halides is 1. The van der Waals surface area contributed by atoms with Gasteiger partial charge in [0.15, 0.2) is 5.82 Å². The lowest BCUT2D eigenvalue weighted by molar-refractivity contribution is 0.0792. The first kappa shape index (κ1) is 27.6. The number of likely N-dealkylation sites (tertiary alicyclic amines) is 1. The Morgan fingerprint density at radius 3 is 2.67 bits per heavy atom. The molecule has 2 aromatic heterocycles. The monoisotopic (exact) mass is 541 g/mol. The van der Waals surface area contributed by atoms with Gasteiger partial charge in [0, 0.05) is 24.8 Å². The second-order valence-corrected chi connectivity index (χ2v) is 10.8. The van der Waals surface area contributed by atoms with E-state index in [0.29, 0.717) is 54.1 Å². The Morgan fingerprint density at radius 1 is 1.21 bits per heavy atom. The zero-order chi connectivity index (χ0) is 27.7. The van der Waals surface area contributed by atoms with Crippen LogP contribution in [0.25, 0.3) is 22.6 Å². The van der Waals surface area contributed by atoms with Gasteiger partial charge >= 0.3 is 0 Å². The summed E-state index contributed by atoms with van der Waals surface area (Å²) in [7, 11) is 1.74. The van der Waals surface area contributed by atoms with Crippen LogP contribution in [0, 0.1) is 32.5 Å². The first-order valence-electron chi connectivity index (χ1n) is 13.7. The fourth-order valence-corrected chi connectivity index (χ4v) is 5.43. The molecule has 39 heavy (non-hydrogen) atoms. The van der Waals surface area contributed by atoms with Crippen molar-refractivity contribution in [2.24, 2.45) is 5.92 Å². The molecule has 3 heterocycles. The van der Waals surface area contributed by atoms with E-state index >= 15 is 8.78 Å². The number of likely N-dealkylation sites (N-methyl/N-ethyl adjacent to an activating group) is 1. The van der Waals surface area contributed by atoms with Crippen molar-refractivity contribution in [1.82, 2.24) is 25.3 Å². The normalized spacial score (nSPS) is 20.8.